The minimum atomic E-state index is -1.10. The molecule has 1 atom stereocenters. The molecule has 4 aromatic carbocycles. The van der Waals surface area contributed by atoms with Gasteiger partial charge in [0.15, 0.2) is 0 Å². The molecule has 0 aliphatic heterocycles. The molecule has 6 heteroatoms. The van der Waals surface area contributed by atoms with Crippen LogP contribution in [0.25, 0.3) is 0 Å². The molecule has 1 N–H and O–H groups in total. The van der Waals surface area contributed by atoms with Crippen LogP contribution in [0.2, 0.25) is 0 Å². The molecular formula is C37H41N5O. The summed E-state index contributed by atoms with van der Waals surface area (Å²) in [6, 6.07) is 41.9. The Hall–Kier alpha value is -5.33. The van der Waals surface area contributed by atoms with Crippen molar-refractivity contribution in [1.82, 2.24) is 5.32 Å². The van der Waals surface area contributed by atoms with E-state index in [4.69, 9.17) is 5.26 Å². The average molecular weight is 572 g/mol. The summed E-state index contributed by atoms with van der Waals surface area (Å²) in [5, 5.41) is 20.9. The van der Waals surface area contributed by atoms with E-state index in [1.807, 2.05) is 148 Å². The zero-order chi connectivity index (χ0) is 29.5. The minimum Gasteiger partial charge on any atom is -0.349 e. The number of hydrogen-bond acceptors (Lipinski definition) is 5. The van der Waals surface area contributed by atoms with Crippen molar-refractivity contribution in [2.24, 2.45) is 9.98 Å². The molecule has 0 bridgehead atoms. The van der Waals surface area contributed by atoms with Gasteiger partial charge in [-0.15, -0.1) is 0 Å². The Kier molecular flexibility index (Phi) is 15.1. The lowest BCUT2D eigenvalue weighted by Gasteiger charge is -2.21. The first-order valence-electron chi connectivity index (χ1n) is 13.2. The highest BCUT2D eigenvalue weighted by molar-refractivity contribution is 6.14. The van der Waals surface area contributed by atoms with Crippen molar-refractivity contribution in [3.63, 3.8) is 0 Å². The number of nitrogens with one attached hydrogen (secondary N) is 1. The summed E-state index contributed by atoms with van der Waals surface area (Å²) in [6.45, 7) is 5.80. The summed E-state index contributed by atoms with van der Waals surface area (Å²) in [6.07, 6.45) is 0. The van der Waals surface area contributed by atoms with Crippen LogP contribution in [0.5, 0.6) is 0 Å². The van der Waals surface area contributed by atoms with Gasteiger partial charge in [0.25, 0.3) is 5.91 Å². The predicted molar refractivity (Wildman–Crippen MR) is 178 cm³/mol. The lowest BCUT2D eigenvalue weighted by molar-refractivity contribution is -0.122. The molecule has 0 heterocycles. The van der Waals surface area contributed by atoms with Crippen molar-refractivity contribution in [1.29, 1.82) is 10.5 Å². The number of amides is 1. The number of carbonyl (C=O) groups is 1. The van der Waals surface area contributed by atoms with Gasteiger partial charge in [0.1, 0.15) is 6.54 Å². The van der Waals surface area contributed by atoms with Crippen LogP contribution in [0.15, 0.2) is 131 Å². The molecule has 0 saturated carbocycles. The van der Waals surface area contributed by atoms with Crippen LogP contribution < -0.4 is 5.32 Å². The van der Waals surface area contributed by atoms with Crippen molar-refractivity contribution < 1.29 is 4.79 Å². The Morgan fingerprint density at radius 3 is 1.33 bits per heavy atom. The number of carbonyl (C=O) groups excluding carboxylic acids is 1. The van der Waals surface area contributed by atoms with Crippen LogP contribution in [0.1, 0.15) is 57.9 Å². The predicted octanol–water partition coefficient (Wildman–Crippen LogP) is 7.65. The minimum absolute atomic E-state index is 0. The van der Waals surface area contributed by atoms with Crippen molar-refractivity contribution in [3.8, 4) is 12.1 Å². The molecule has 0 aromatic heterocycles. The maximum absolute atomic E-state index is 12.3. The summed E-state index contributed by atoms with van der Waals surface area (Å²) < 4.78 is 0. The van der Waals surface area contributed by atoms with Gasteiger partial charge >= 0.3 is 0 Å². The van der Waals surface area contributed by atoms with Crippen LogP contribution >= 0.6 is 0 Å². The molecule has 0 spiro atoms. The molecule has 6 nitrogen and oxygen atoms in total. The molecule has 0 aliphatic rings. The highest BCUT2D eigenvalue weighted by atomic mass is 16.2. The zero-order valence-electron chi connectivity index (χ0n) is 23.5. The van der Waals surface area contributed by atoms with Gasteiger partial charge in [-0.2, -0.15) is 10.5 Å². The highest BCUT2D eigenvalue weighted by Gasteiger charge is 2.23. The van der Waals surface area contributed by atoms with Gasteiger partial charge in [-0.05, 0) is 20.8 Å². The number of nitriles is 2. The fraction of sp³-hybridized carbons (Fsp3) is 0.216. The topological polar surface area (TPSA) is 101 Å². The Morgan fingerprint density at radius 1 is 0.674 bits per heavy atom. The highest BCUT2D eigenvalue weighted by Crippen LogP contribution is 2.13. The Labute approximate surface area is 257 Å². The van der Waals surface area contributed by atoms with Crippen LogP contribution in [0.3, 0.4) is 0 Å². The van der Waals surface area contributed by atoms with Gasteiger partial charge in [0, 0.05) is 27.8 Å². The molecule has 0 fully saturated rings. The summed E-state index contributed by atoms with van der Waals surface area (Å²) >= 11 is 0. The monoisotopic (exact) mass is 571 g/mol. The fourth-order valence-electron chi connectivity index (χ4n) is 3.88. The quantitative estimate of drug-likeness (QED) is 0.182. The number of aliphatic imine (C=N–C) groups is 2. The molecular weight excluding hydrogens is 530 g/mol. The molecule has 0 radical (unpaired) electrons. The third-order valence-corrected chi connectivity index (χ3v) is 5.62. The number of benzene rings is 4. The third kappa shape index (κ3) is 11.6. The van der Waals surface area contributed by atoms with Crippen molar-refractivity contribution in [2.75, 3.05) is 6.54 Å². The van der Waals surface area contributed by atoms with E-state index in [0.29, 0.717) is 5.71 Å². The number of hydrogen-bond donors (Lipinski definition) is 1. The van der Waals surface area contributed by atoms with Crippen molar-refractivity contribution in [2.45, 2.75) is 47.2 Å². The molecule has 1 amide bonds. The third-order valence-electron chi connectivity index (χ3n) is 5.62. The summed E-state index contributed by atoms with van der Waals surface area (Å²) in [5.41, 5.74) is 4.89. The van der Waals surface area contributed by atoms with Gasteiger partial charge in [-0.25, -0.2) is 0 Å². The van der Waals surface area contributed by atoms with Gasteiger partial charge in [-0.1, -0.05) is 136 Å². The molecule has 0 aliphatic carbocycles. The van der Waals surface area contributed by atoms with E-state index < -0.39 is 17.5 Å². The van der Waals surface area contributed by atoms with Crippen molar-refractivity contribution in [3.05, 3.63) is 144 Å². The summed E-state index contributed by atoms with van der Waals surface area (Å²) in [4.78, 5) is 21.1. The average Bonchev–Trinajstić information content (AvgIpc) is 2.99. The maximum Gasteiger partial charge on any atom is 0.259 e. The van der Waals surface area contributed by atoms with Gasteiger partial charge in [0.2, 0.25) is 6.04 Å². The first kappa shape index (κ1) is 35.7. The normalized spacial score (nSPS) is 10.3. The van der Waals surface area contributed by atoms with Gasteiger partial charge in [0.05, 0.1) is 23.6 Å². The molecule has 43 heavy (non-hydrogen) atoms. The smallest absolute Gasteiger partial charge is 0.259 e. The van der Waals surface area contributed by atoms with Crippen LogP contribution in [0, 0.1) is 22.7 Å². The van der Waals surface area contributed by atoms with E-state index >= 15 is 0 Å². The first-order valence-corrected chi connectivity index (χ1v) is 13.2. The number of rotatable bonds is 7. The SMILES string of the molecule is C.C.CC(C)(C)NC(=O)C(C#N)N=C(c1ccccc1)c1ccccc1.N#CCN=C(c1ccccc1)c1ccccc1. The second kappa shape index (κ2) is 18.2. The lowest BCUT2D eigenvalue weighted by Crippen LogP contribution is -2.45. The van der Waals surface area contributed by atoms with E-state index in [2.05, 4.69) is 21.4 Å². The molecule has 0 saturated heterocycles. The molecule has 4 rings (SSSR count). The van der Waals surface area contributed by atoms with E-state index in [9.17, 15) is 10.1 Å². The standard InChI is InChI=1S/C20H21N3O.C15H12N2.2CH4/c1-20(2,3)23-19(24)17(14-21)22-18(15-10-6-4-7-11-15)16-12-8-5-9-13-16;16-11-12-17-15(13-7-3-1-4-8-13)14-9-5-2-6-10-14;;/h4-13,17H,1-3H3,(H,23,24);1-10H,12H2;2*1H4. The van der Waals surface area contributed by atoms with Crippen LogP contribution in [-0.4, -0.2) is 35.5 Å². The second-order valence-corrected chi connectivity index (χ2v) is 10.0. The van der Waals surface area contributed by atoms with Crippen LogP contribution in [-0.2, 0) is 4.79 Å². The molecule has 1 unspecified atom stereocenters. The van der Waals surface area contributed by atoms with E-state index in [1.165, 1.54) is 0 Å². The second-order valence-electron chi connectivity index (χ2n) is 10.0. The lowest BCUT2D eigenvalue weighted by atomic mass is 10.0. The van der Waals surface area contributed by atoms with E-state index in [0.717, 1.165) is 28.0 Å². The zero-order valence-corrected chi connectivity index (χ0v) is 23.5. The molecule has 4 aromatic rings. The van der Waals surface area contributed by atoms with Gasteiger partial charge < -0.3 is 5.32 Å². The van der Waals surface area contributed by atoms with E-state index in [-0.39, 0.29) is 21.4 Å². The van der Waals surface area contributed by atoms with Crippen molar-refractivity contribution >= 4 is 17.3 Å². The van der Waals surface area contributed by atoms with Gasteiger partial charge in [-0.3, -0.25) is 14.8 Å². The largest absolute Gasteiger partial charge is 0.349 e. The summed E-state index contributed by atoms with van der Waals surface area (Å²) in [5.74, 6) is -0.394. The number of nitrogens with zero attached hydrogens (tertiary/aromatic N) is 4. The van der Waals surface area contributed by atoms with E-state index in [1.54, 1.807) is 0 Å². The molecule has 220 valence electrons. The Bertz CT molecular complexity index is 1440. The first-order chi connectivity index (χ1) is 19.8. The fourth-order valence-corrected chi connectivity index (χ4v) is 3.88. The Balaban J connectivity index is 0.000000432. The summed E-state index contributed by atoms with van der Waals surface area (Å²) in [7, 11) is 0. The Morgan fingerprint density at radius 2 is 1.02 bits per heavy atom. The maximum atomic E-state index is 12.3. The van der Waals surface area contributed by atoms with Crippen LogP contribution in [0.4, 0.5) is 0 Å².